The van der Waals surface area contributed by atoms with E-state index in [1.54, 1.807) is 0 Å². The second-order valence-electron chi connectivity index (χ2n) is 4.19. The summed E-state index contributed by atoms with van der Waals surface area (Å²) in [5.41, 5.74) is 4.41. The Labute approximate surface area is 85.7 Å². The van der Waals surface area contributed by atoms with Gasteiger partial charge in [-0.3, -0.25) is 0 Å². The van der Waals surface area contributed by atoms with Gasteiger partial charge in [0.1, 0.15) is 0 Å². The van der Waals surface area contributed by atoms with Crippen molar-refractivity contribution in [3.63, 3.8) is 0 Å². The van der Waals surface area contributed by atoms with Crippen LogP contribution in [0, 0.1) is 0 Å². The Bertz CT molecular complexity index is 318. The van der Waals surface area contributed by atoms with Crippen LogP contribution in [0.1, 0.15) is 30.5 Å². The van der Waals surface area contributed by atoms with Gasteiger partial charge in [-0.05, 0) is 16.7 Å². The zero-order valence-corrected chi connectivity index (χ0v) is 8.93. The largest absolute Gasteiger partial charge is 0.310 e. The summed E-state index contributed by atoms with van der Waals surface area (Å²) < 4.78 is 0. The first kappa shape index (κ1) is 9.69. The zero-order chi connectivity index (χ0) is 9.97. The van der Waals surface area contributed by atoms with Crippen molar-refractivity contribution in [3.8, 4) is 0 Å². The first-order valence-electron chi connectivity index (χ1n) is 5.31. The van der Waals surface area contributed by atoms with Gasteiger partial charge in [-0.1, -0.05) is 32.0 Å². The molecule has 0 amide bonds. The maximum absolute atomic E-state index is 3.46. The Kier molecular flexibility index (Phi) is 2.85. The fourth-order valence-corrected chi connectivity index (χ4v) is 1.88. The topological polar surface area (TPSA) is 24.1 Å². The van der Waals surface area contributed by atoms with Gasteiger partial charge in [0.15, 0.2) is 0 Å². The highest BCUT2D eigenvalue weighted by Crippen LogP contribution is 2.19. The van der Waals surface area contributed by atoms with E-state index in [1.165, 1.54) is 16.7 Å². The van der Waals surface area contributed by atoms with Gasteiger partial charge in [0.05, 0.1) is 0 Å². The normalized spacial score (nSPS) is 14.8. The van der Waals surface area contributed by atoms with Gasteiger partial charge in [0, 0.05) is 25.7 Å². The maximum atomic E-state index is 3.46. The third-order valence-corrected chi connectivity index (χ3v) is 2.69. The molecule has 0 spiro atoms. The second-order valence-corrected chi connectivity index (χ2v) is 4.19. The lowest BCUT2D eigenvalue weighted by atomic mass is 10.0. The lowest BCUT2D eigenvalue weighted by molar-refractivity contribution is 0.586. The van der Waals surface area contributed by atoms with Crippen LogP contribution in [-0.4, -0.2) is 6.04 Å². The standard InChI is InChI=1S/C12H18N2/c1-9(2)14-7-11-5-3-4-10-6-13-8-12(10)11/h3-5,9,13-14H,6-8H2,1-2H3. The lowest BCUT2D eigenvalue weighted by Gasteiger charge is -2.11. The molecule has 0 saturated carbocycles. The molecule has 2 nitrogen and oxygen atoms in total. The summed E-state index contributed by atoms with van der Waals surface area (Å²) in [5.74, 6) is 0. The molecule has 0 aromatic heterocycles. The second kappa shape index (κ2) is 4.11. The molecule has 2 N–H and O–H groups in total. The van der Waals surface area contributed by atoms with Crippen LogP contribution in [-0.2, 0) is 19.6 Å². The van der Waals surface area contributed by atoms with Crippen LogP contribution < -0.4 is 10.6 Å². The highest BCUT2D eigenvalue weighted by atomic mass is 14.9. The molecule has 0 aliphatic carbocycles. The van der Waals surface area contributed by atoms with Gasteiger partial charge in [-0.25, -0.2) is 0 Å². The lowest BCUT2D eigenvalue weighted by Crippen LogP contribution is -2.22. The number of benzene rings is 1. The minimum absolute atomic E-state index is 0.556. The van der Waals surface area contributed by atoms with E-state index in [1.807, 2.05) is 0 Å². The first-order chi connectivity index (χ1) is 6.77. The van der Waals surface area contributed by atoms with Crippen LogP contribution >= 0.6 is 0 Å². The first-order valence-corrected chi connectivity index (χ1v) is 5.31. The van der Waals surface area contributed by atoms with Crippen molar-refractivity contribution in [3.05, 3.63) is 34.9 Å². The molecule has 0 atom stereocenters. The summed E-state index contributed by atoms with van der Waals surface area (Å²) in [6.45, 7) is 7.42. The highest BCUT2D eigenvalue weighted by Gasteiger charge is 2.12. The fourth-order valence-electron chi connectivity index (χ4n) is 1.88. The summed E-state index contributed by atoms with van der Waals surface area (Å²) in [6.07, 6.45) is 0. The summed E-state index contributed by atoms with van der Waals surface area (Å²) in [6, 6.07) is 7.15. The van der Waals surface area contributed by atoms with E-state index < -0.39 is 0 Å². The van der Waals surface area contributed by atoms with E-state index in [0.29, 0.717) is 6.04 Å². The van der Waals surface area contributed by atoms with Crippen molar-refractivity contribution in [2.45, 2.75) is 39.5 Å². The number of fused-ring (bicyclic) bond motifs is 1. The van der Waals surface area contributed by atoms with Crippen molar-refractivity contribution in [2.75, 3.05) is 0 Å². The molecule has 2 heteroatoms. The smallest absolute Gasteiger partial charge is 0.0215 e. The van der Waals surface area contributed by atoms with Crippen LogP contribution in [0.2, 0.25) is 0 Å². The molecule has 2 rings (SSSR count). The Morgan fingerprint density at radius 1 is 1.36 bits per heavy atom. The molecular weight excluding hydrogens is 172 g/mol. The van der Waals surface area contributed by atoms with E-state index >= 15 is 0 Å². The third-order valence-electron chi connectivity index (χ3n) is 2.69. The monoisotopic (exact) mass is 190 g/mol. The third kappa shape index (κ3) is 1.97. The molecule has 0 saturated heterocycles. The molecule has 1 aromatic rings. The number of nitrogens with one attached hydrogen (secondary N) is 2. The van der Waals surface area contributed by atoms with Crippen molar-refractivity contribution < 1.29 is 0 Å². The Hall–Kier alpha value is -0.860. The Balaban J connectivity index is 2.14. The van der Waals surface area contributed by atoms with Crippen LogP contribution in [0.4, 0.5) is 0 Å². The summed E-state index contributed by atoms with van der Waals surface area (Å²) in [7, 11) is 0. The van der Waals surface area contributed by atoms with Gasteiger partial charge >= 0.3 is 0 Å². The van der Waals surface area contributed by atoms with Gasteiger partial charge < -0.3 is 10.6 Å². The molecule has 0 radical (unpaired) electrons. The van der Waals surface area contributed by atoms with Gasteiger partial charge in [0.2, 0.25) is 0 Å². The van der Waals surface area contributed by atoms with E-state index in [4.69, 9.17) is 0 Å². The summed E-state index contributed by atoms with van der Waals surface area (Å²) in [5, 5.41) is 6.85. The fraction of sp³-hybridized carbons (Fsp3) is 0.500. The van der Waals surface area contributed by atoms with Crippen molar-refractivity contribution in [1.29, 1.82) is 0 Å². The Morgan fingerprint density at radius 3 is 3.00 bits per heavy atom. The van der Waals surface area contributed by atoms with E-state index in [2.05, 4.69) is 42.7 Å². The maximum Gasteiger partial charge on any atom is 0.0215 e. The predicted molar refractivity (Wildman–Crippen MR) is 59.0 cm³/mol. The Morgan fingerprint density at radius 2 is 2.21 bits per heavy atom. The zero-order valence-electron chi connectivity index (χ0n) is 8.93. The van der Waals surface area contributed by atoms with Gasteiger partial charge in [-0.15, -0.1) is 0 Å². The minimum atomic E-state index is 0.556. The van der Waals surface area contributed by atoms with Crippen LogP contribution in [0.25, 0.3) is 0 Å². The number of rotatable bonds is 3. The van der Waals surface area contributed by atoms with Crippen molar-refractivity contribution in [1.82, 2.24) is 10.6 Å². The van der Waals surface area contributed by atoms with Crippen molar-refractivity contribution in [2.24, 2.45) is 0 Å². The molecule has 0 bridgehead atoms. The molecule has 1 aromatic carbocycles. The molecule has 1 heterocycles. The predicted octanol–water partition coefficient (Wildman–Crippen LogP) is 1.79. The molecule has 0 fully saturated rings. The number of hydrogen-bond donors (Lipinski definition) is 2. The van der Waals surface area contributed by atoms with E-state index in [-0.39, 0.29) is 0 Å². The summed E-state index contributed by atoms with van der Waals surface area (Å²) >= 11 is 0. The average Bonchev–Trinajstić information content (AvgIpc) is 2.62. The minimum Gasteiger partial charge on any atom is -0.310 e. The molecule has 14 heavy (non-hydrogen) atoms. The molecule has 0 unspecified atom stereocenters. The van der Waals surface area contributed by atoms with Crippen LogP contribution in [0.3, 0.4) is 0 Å². The molecule has 1 aliphatic heterocycles. The van der Waals surface area contributed by atoms with Crippen LogP contribution in [0.15, 0.2) is 18.2 Å². The van der Waals surface area contributed by atoms with E-state index in [0.717, 1.165) is 19.6 Å². The van der Waals surface area contributed by atoms with E-state index in [9.17, 15) is 0 Å². The van der Waals surface area contributed by atoms with Crippen LogP contribution in [0.5, 0.6) is 0 Å². The molecule has 76 valence electrons. The quantitative estimate of drug-likeness (QED) is 0.759. The van der Waals surface area contributed by atoms with Gasteiger partial charge in [0.25, 0.3) is 0 Å². The SMILES string of the molecule is CC(C)NCc1cccc2c1CNC2. The van der Waals surface area contributed by atoms with Gasteiger partial charge in [-0.2, -0.15) is 0 Å². The van der Waals surface area contributed by atoms with Crippen molar-refractivity contribution >= 4 is 0 Å². The summed E-state index contributed by atoms with van der Waals surface area (Å²) in [4.78, 5) is 0. The molecule has 1 aliphatic rings. The number of hydrogen-bond acceptors (Lipinski definition) is 2. The molecular formula is C12H18N2. The highest BCUT2D eigenvalue weighted by molar-refractivity contribution is 5.37. The average molecular weight is 190 g/mol.